The lowest BCUT2D eigenvalue weighted by Crippen LogP contribution is -2.26. The molecule has 2 rings (SSSR count). The smallest absolute Gasteiger partial charge is 0.423 e. The summed E-state index contributed by atoms with van der Waals surface area (Å²) in [6.45, 7) is 0. The molecule has 0 atom stereocenters. The SMILES string of the molecule is OB(O)c1cc2cc(F)cc(S)c2s1. The Morgan fingerprint density at radius 3 is 2.64 bits per heavy atom. The summed E-state index contributed by atoms with van der Waals surface area (Å²) in [5.74, 6) is -0.376. The van der Waals surface area contributed by atoms with Crippen LogP contribution in [0.4, 0.5) is 4.39 Å². The van der Waals surface area contributed by atoms with Gasteiger partial charge in [0.05, 0.1) is 0 Å². The van der Waals surface area contributed by atoms with Crippen molar-refractivity contribution in [2.75, 3.05) is 0 Å². The van der Waals surface area contributed by atoms with Crippen LogP contribution in [-0.4, -0.2) is 17.2 Å². The van der Waals surface area contributed by atoms with E-state index in [0.717, 1.165) is 4.70 Å². The maximum absolute atomic E-state index is 12.9. The second kappa shape index (κ2) is 3.54. The molecule has 1 aromatic heterocycles. The van der Waals surface area contributed by atoms with Crippen LogP contribution in [0, 0.1) is 5.82 Å². The summed E-state index contributed by atoms with van der Waals surface area (Å²) in [5, 5.41) is 18.5. The fourth-order valence-corrected chi connectivity index (χ4v) is 2.56. The summed E-state index contributed by atoms with van der Waals surface area (Å²) >= 11 is 5.31. The lowest BCUT2D eigenvalue weighted by molar-refractivity contribution is 0.427. The van der Waals surface area contributed by atoms with Crippen molar-refractivity contribution in [3.63, 3.8) is 0 Å². The Hall–Kier alpha value is -0.555. The molecule has 0 fully saturated rings. The molecule has 0 bridgehead atoms. The highest BCUT2D eigenvalue weighted by molar-refractivity contribution is 7.80. The van der Waals surface area contributed by atoms with Gasteiger partial charge in [-0.1, -0.05) is 0 Å². The van der Waals surface area contributed by atoms with E-state index in [-0.39, 0.29) is 5.82 Å². The molecule has 0 aliphatic heterocycles. The molecule has 0 spiro atoms. The molecule has 1 aromatic carbocycles. The highest BCUT2D eigenvalue weighted by atomic mass is 32.1. The number of rotatable bonds is 1. The highest BCUT2D eigenvalue weighted by Gasteiger charge is 2.16. The maximum Gasteiger partial charge on any atom is 0.499 e. The highest BCUT2D eigenvalue weighted by Crippen LogP contribution is 2.27. The van der Waals surface area contributed by atoms with E-state index in [2.05, 4.69) is 12.6 Å². The summed E-state index contributed by atoms with van der Waals surface area (Å²) in [6, 6.07) is 4.19. The van der Waals surface area contributed by atoms with Gasteiger partial charge in [-0.2, -0.15) is 0 Å². The molecule has 0 aliphatic rings. The molecule has 1 heterocycles. The Morgan fingerprint density at radius 2 is 2.00 bits per heavy atom. The molecule has 2 aromatic rings. The van der Waals surface area contributed by atoms with Crippen LogP contribution in [0.25, 0.3) is 10.1 Å². The first-order chi connectivity index (χ1) is 6.58. The van der Waals surface area contributed by atoms with Crippen molar-refractivity contribution in [1.82, 2.24) is 0 Å². The Balaban J connectivity index is 2.70. The second-order valence-corrected chi connectivity index (χ2v) is 4.43. The first-order valence-electron chi connectivity index (χ1n) is 3.86. The van der Waals surface area contributed by atoms with Gasteiger partial charge in [0.2, 0.25) is 0 Å². The molecule has 0 saturated carbocycles. The predicted octanol–water partition coefficient (Wildman–Crippen LogP) is 1.01. The Morgan fingerprint density at radius 1 is 1.29 bits per heavy atom. The van der Waals surface area contributed by atoms with Gasteiger partial charge in [0.1, 0.15) is 5.82 Å². The number of benzene rings is 1. The van der Waals surface area contributed by atoms with E-state index in [9.17, 15) is 4.39 Å². The van der Waals surface area contributed by atoms with E-state index in [1.807, 2.05) is 0 Å². The zero-order valence-corrected chi connectivity index (χ0v) is 8.65. The van der Waals surface area contributed by atoms with Gasteiger partial charge >= 0.3 is 7.12 Å². The van der Waals surface area contributed by atoms with Gasteiger partial charge in [-0.05, 0) is 23.6 Å². The third-order valence-corrected chi connectivity index (χ3v) is 3.56. The Bertz CT molecular complexity index is 483. The molecular weight excluding hydrogens is 222 g/mol. The molecule has 0 aliphatic carbocycles. The largest absolute Gasteiger partial charge is 0.499 e. The second-order valence-electron chi connectivity index (χ2n) is 2.87. The summed E-state index contributed by atoms with van der Waals surface area (Å²) in [7, 11) is -1.51. The van der Waals surface area contributed by atoms with Crippen LogP contribution in [0.5, 0.6) is 0 Å². The van der Waals surface area contributed by atoms with E-state index in [0.29, 0.717) is 15.1 Å². The first-order valence-corrected chi connectivity index (χ1v) is 5.12. The van der Waals surface area contributed by atoms with E-state index < -0.39 is 7.12 Å². The number of halogens is 1. The van der Waals surface area contributed by atoms with Gasteiger partial charge < -0.3 is 10.0 Å². The molecule has 0 radical (unpaired) electrons. The lowest BCUT2D eigenvalue weighted by Gasteiger charge is -1.93. The summed E-state index contributed by atoms with van der Waals surface area (Å²) < 4.78 is 14.1. The summed E-state index contributed by atoms with van der Waals surface area (Å²) in [6.07, 6.45) is 0. The van der Waals surface area contributed by atoms with Crippen molar-refractivity contribution in [2.45, 2.75) is 4.90 Å². The molecular formula is C8H6BFO2S2. The van der Waals surface area contributed by atoms with Crippen LogP contribution in [0.3, 0.4) is 0 Å². The lowest BCUT2D eigenvalue weighted by atomic mass is 9.89. The normalized spacial score (nSPS) is 10.9. The molecule has 0 unspecified atom stereocenters. The van der Waals surface area contributed by atoms with Crippen LogP contribution in [0.15, 0.2) is 23.1 Å². The third-order valence-electron chi connectivity index (χ3n) is 1.83. The van der Waals surface area contributed by atoms with Gasteiger partial charge in [0.25, 0.3) is 0 Å². The minimum absolute atomic E-state index is 0.376. The van der Waals surface area contributed by atoms with Crippen LogP contribution < -0.4 is 4.78 Å². The maximum atomic E-state index is 12.9. The zero-order chi connectivity index (χ0) is 10.3. The van der Waals surface area contributed by atoms with Gasteiger partial charge in [-0.25, -0.2) is 4.39 Å². The van der Waals surface area contributed by atoms with E-state index >= 15 is 0 Å². The average Bonchev–Trinajstić information content (AvgIpc) is 2.47. The zero-order valence-electron chi connectivity index (χ0n) is 6.94. The number of hydrogen-bond donors (Lipinski definition) is 3. The van der Waals surface area contributed by atoms with Crippen molar-refractivity contribution in [1.29, 1.82) is 0 Å². The van der Waals surface area contributed by atoms with E-state index in [1.54, 1.807) is 6.07 Å². The van der Waals surface area contributed by atoms with Crippen molar-refractivity contribution in [3.8, 4) is 0 Å². The third kappa shape index (κ3) is 1.66. The number of thiophene rings is 1. The minimum atomic E-state index is -1.51. The molecule has 14 heavy (non-hydrogen) atoms. The molecule has 2 nitrogen and oxygen atoms in total. The number of fused-ring (bicyclic) bond motifs is 1. The van der Waals surface area contributed by atoms with E-state index in [4.69, 9.17) is 10.0 Å². The van der Waals surface area contributed by atoms with Gasteiger partial charge in [0, 0.05) is 14.4 Å². The average molecular weight is 228 g/mol. The van der Waals surface area contributed by atoms with Gasteiger partial charge in [-0.3, -0.25) is 0 Å². The van der Waals surface area contributed by atoms with Crippen molar-refractivity contribution < 1.29 is 14.4 Å². The molecule has 0 amide bonds. The summed E-state index contributed by atoms with van der Waals surface area (Å²) in [5.41, 5.74) is 0. The first kappa shape index (κ1) is 9.98. The monoisotopic (exact) mass is 228 g/mol. The Kier molecular flexibility index (Phi) is 2.53. The molecule has 2 N–H and O–H groups in total. The molecule has 72 valence electrons. The van der Waals surface area contributed by atoms with Crippen molar-refractivity contribution in [3.05, 3.63) is 24.0 Å². The topological polar surface area (TPSA) is 40.5 Å². The minimum Gasteiger partial charge on any atom is -0.423 e. The fraction of sp³-hybridized carbons (Fsp3) is 0. The summed E-state index contributed by atoms with van der Waals surface area (Å²) in [4.78, 5) is 0.511. The molecule has 6 heteroatoms. The number of thiol groups is 1. The predicted molar refractivity (Wildman–Crippen MR) is 58.9 cm³/mol. The standard InChI is InChI=1S/C8H6BFO2S2/c10-5-1-4-2-7(9(11)12)14-8(4)6(13)3-5/h1-3,11-13H. The van der Waals surface area contributed by atoms with Crippen molar-refractivity contribution >= 4 is 45.9 Å². The Labute approximate surface area is 89.6 Å². The van der Waals surface area contributed by atoms with Crippen molar-refractivity contribution in [2.24, 2.45) is 0 Å². The fourth-order valence-electron chi connectivity index (χ4n) is 1.25. The van der Waals surface area contributed by atoms with Crippen LogP contribution >= 0.6 is 24.0 Å². The molecule has 0 saturated heterocycles. The van der Waals surface area contributed by atoms with Gasteiger partial charge in [0.15, 0.2) is 0 Å². The number of hydrogen-bond acceptors (Lipinski definition) is 4. The van der Waals surface area contributed by atoms with Crippen LogP contribution in [0.1, 0.15) is 0 Å². The van der Waals surface area contributed by atoms with Crippen LogP contribution in [-0.2, 0) is 0 Å². The van der Waals surface area contributed by atoms with E-state index in [1.165, 1.54) is 23.5 Å². The quantitative estimate of drug-likeness (QED) is 0.503. The van der Waals surface area contributed by atoms with Crippen LogP contribution in [0.2, 0.25) is 0 Å². The van der Waals surface area contributed by atoms with Gasteiger partial charge in [-0.15, -0.1) is 24.0 Å².